The third-order valence-corrected chi connectivity index (χ3v) is 4.77. The zero-order valence-corrected chi connectivity index (χ0v) is 18.2. The van der Waals surface area contributed by atoms with Gasteiger partial charge >= 0.3 is 6.09 Å². The predicted octanol–water partition coefficient (Wildman–Crippen LogP) is 4.66. The van der Waals surface area contributed by atoms with Gasteiger partial charge < -0.3 is 14.5 Å². The average Bonchev–Trinajstić information content (AvgIpc) is 2.58. The van der Waals surface area contributed by atoms with Gasteiger partial charge in [-0.3, -0.25) is 0 Å². The number of nitrogens with zero attached hydrogens (tertiary/aromatic N) is 4. The van der Waals surface area contributed by atoms with Gasteiger partial charge in [-0.05, 0) is 67.2 Å². The van der Waals surface area contributed by atoms with E-state index in [2.05, 4.69) is 27.0 Å². The molecule has 1 heterocycles. The number of aliphatic imine (C=N–C) groups is 1. The van der Waals surface area contributed by atoms with Crippen molar-refractivity contribution in [3.8, 4) is 6.07 Å². The number of hydrogen-bond donors (Lipinski definition) is 0. The lowest BCUT2D eigenvalue weighted by molar-refractivity contribution is 0.0198. The number of benzene rings is 1. The van der Waals surface area contributed by atoms with Crippen LogP contribution in [0.3, 0.4) is 0 Å². The molecule has 0 spiro atoms. The molecule has 0 N–H and O–H groups in total. The van der Waals surface area contributed by atoms with E-state index in [-0.39, 0.29) is 12.0 Å². The van der Waals surface area contributed by atoms with E-state index in [4.69, 9.17) is 4.74 Å². The van der Waals surface area contributed by atoms with Gasteiger partial charge in [0, 0.05) is 37.6 Å². The minimum atomic E-state index is -0.507. The Morgan fingerprint density at radius 1 is 1.44 bits per heavy atom. The van der Waals surface area contributed by atoms with Crippen molar-refractivity contribution in [1.29, 1.82) is 5.26 Å². The van der Waals surface area contributed by atoms with Gasteiger partial charge in [-0.1, -0.05) is 0 Å². The van der Waals surface area contributed by atoms with Crippen LogP contribution in [0.1, 0.15) is 50.7 Å². The zero-order valence-electron chi connectivity index (χ0n) is 16.6. The molecule has 1 unspecified atom stereocenters. The van der Waals surface area contributed by atoms with Crippen molar-refractivity contribution in [1.82, 2.24) is 9.80 Å². The van der Waals surface area contributed by atoms with Gasteiger partial charge in [0.05, 0.1) is 17.6 Å². The molecule has 0 saturated carbocycles. The number of ether oxygens (including phenoxy) is 1. The molecule has 2 rings (SSSR count). The van der Waals surface area contributed by atoms with E-state index in [1.807, 2.05) is 51.9 Å². The molecule has 6 nitrogen and oxygen atoms in total. The first-order valence-corrected chi connectivity index (χ1v) is 9.82. The number of likely N-dealkylation sites (tertiary alicyclic amines) is 1. The molecule has 7 heteroatoms. The summed E-state index contributed by atoms with van der Waals surface area (Å²) in [5, 5.41) is 9.56. The number of carbonyl (C=O) groups is 1. The first kappa shape index (κ1) is 21.2. The summed E-state index contributed by atoms with van der Waals surface area (Å²) in [4.78, 5) is 20.4. The highest BCUT2D eigenvalue weighted by molar-refractivity contribution is 9.10. The Morgan fingerprint density at radius 3 is 2.74 bits per heavy atom. The summed E-state index contributed by atoms with van der Waals surface area (Å²) in [7, 11) is 3.76. The molecule has 1 fully saturated rings. The van der Waals surface area contributed by atoms with Crippen LogP contribution in [-0.2, 0) is 4.74 Å². The Morgan fingerprint density at radius 2 is 2.15 bits per heavy atom. The number of hydrogen-bond acceptors (Lipinski definition) is 4. The Hall–Kier alpha value is -2.07. The van der Waals surface area contributed by atoms with Gasteiger partial charge in [-0.15, -0.1) is 0 Å². The molecule has 0 radical (unpaired) electrons. The van der Waals surface area contributed by atoms with Crippen LogP contribution in [0, 0.1) is 11.3 Å². The summed E-state index contributed by atoms with van der Waals surface area (Å²) < 4.78 is 6.29. The monoisotopic (exact) mass is 434 g/mol. The van der Waals surface area contributed by atoms with Crippen LogP contribution >= 0.6 is 15.9 Å². The van der Waals surface area contributed by atoms with Crippen molar-refractivity contribution >= 4 is 34.0 Å². The van der Waals surface area contributed by atoms with Crippen LogP contribution in [-0.4, -0.2) is 55.0 Å². The summed E-state index contributed by atoms with van der Waals surface area (Å²) in [6.07, 6.45) is 3.27. The molecular formula is C20H27BrN4O2. The van der Waals surface area contributed by atoms with E-state index in [1.54, 1.807) is 11.2 Å². The van der Waals surface area contributed by atoms with Crippen molar-refractivity contribution in [2.75, 3.05) is 27.2 Å². The summed E-state index contributed by atoms with van der Waals surface area (Å²) in [6, 6.07) is 6.13. The molecular weight excluding hydrogens is 408 g/mol. The van der Waals surface area contributed by atoms with E-state index in [1.165, 1.54) is 0 Å². The SMILES string of the molecule is CN(C)C=Nc1c(Br)cc(C2CCCN(C(=O)OC(C)(C)C)C2)cc1C#N. The first-order valence-electron chi connectivity index (χ1n) is 9.03. The number of piperidine rings is 1. The molecule has 1 amide bonds. The molecule has 1 saturated heterocycles. The molecule has 27 heavy (non-hydrogen) atoms. The van der Waals surface area contributed by atoms with E-state index in [0.717, 1.165) is 22.9 Å². The van der Waals surface area contributed by atoms with Gasteiger partial charge in [-0.2, -0.15) is 5.26 Å². The Kier molecular flexibility index (Phi) is 6.88. The van der Waals surface area contributed by atoms with Crippen LogP contribution < -0.4 is 0 Å². The lowest BCUT2D eigenvalue weighted by Gasteiger charge is -2.34. The lowest BCUT2D eigenvalue weighted by Crippen LogP contribution is -2.42. The normalized spacial score (nSPS) is 17.7. The van der Waals surface area contributed by atoms with Crippen molar-refractivity contribution in [3.05, 3.63) is 27.7 Å². The molecule has 0 bridgehead atoms. The second kappa shape index (κ2) is 8.75. The minimum Gasteiger partial charge on any atom is -0.444 e. The van der Waals surface area contributed by atoms with Crippen LogP contribution in [0.15, 0.2) is 21.6 Å². The van der Waals surface area contributed by atoms with Crippen LogP contribution in [0.4, 0.5) is 10.5 Å². The third kappa shape index (κ3) is 5.96. The van der Waals surface area contributed by atoms with E-state index in [0.29, 0.717) is 24.3 Å². The lowest BCUT2D eigenvalue weighted by atomic mass is 9.89. The fraction of sp³-hybridized carbons (Fsp3) is 0.550. The number of amides is 1. The van der Waals surface area contributed by atoms with Crippen LogP contribution in [0.25, 0.3) is 0 Å². The Balaban J connectivity index is 2.23. The molecule has 1 atom stereocenters. The summed E-state index contributed by atoms with van der Waals surface area (Å²) in [6.45, 7) is 6.90. The summed E-state index contributed by atoms with van der Waals surface area (Å²) in [5.41, 5.74) is 1.67. The maximum atomic E-state index is 12.4. The Bertz CT molecular complexity index is 762. The van der Waals surface area contributed by atoms with Crippen LogP contribution in [0.5, 0.6) is 0 Å². The highest BCUT2D eigenvalue weighted by Crippen LogP contribution is 2.36. The largest absolute Gasteiger partial charge is 0.444 e. The molecule has 1 aromatic rings. The van der Waals surface area contributed by atoms with Crippen molar-refractivity contribution < 1.29 is 9.53 Å². The number of nitriles is 1. The van der Waals surface area contributed by atoms with Crippen LogP contribution in [0.2, 0.25) is 0 Å². The van der Waals surface area contributed by atoms with Crippen molar-refractivity contribution in [2.24, 2.45) is 4.99 Å². The topological polar surface area (TPSA) is 68.9 Å². The standard InChI is InChI=1S/C20H27BrN4O2/c1-20(2,3)27-19(26)25-8-6-7-14(12-25)15-9-16(11-22)18(17(21)10-15)23-13-24(4)5/h9-10,13-14H,6-8,12H2,1-5H3. The fourth-order valence-electron chi connectivity index (χ4n) is 2.99. The fourth-order valence-corrected chi connectivity index (χ4v) is 3.57. The molecule has 0 aliphatic carbocycles. The maximum absolute atomic E-state index is 12.4. The number of halogens is 1. The smallest absolute Gasteiger partial charge is 0.410 e. The van der Waals surface area contributed by atoms with Gasteiger partial charge in [0.2, 0.25) is 0 Å². The molecule has 1 aliphatic rings. The highest BCUT2D eigenvalue weighted by atomic mass is 79.9. The zero-order chi connectivity index (χ0) is 20.2. The van der Waals surface area contributed by atoms with Crippen molar-refractivity contribution in [2.45, 2.75) is 45.1 Å². The van der Waals surface area contributed by atoms with E-state index in [9.17, 15) is 10.1 Å². The number of carbonyl (C=O) groups excluding carboxylic acids is 1. The minimum absolute atomic E-state index is 0.168. The quantitative estimate of drug-likeness (QED) is 0.512. The molecule has 0 aromatic heterocycles. The second-order valence-corrected chi connectivity index (χ2v) is 8.84. The summed E-state index contributed by atoms with van der Waals surface area (Å²) >= 11 is 3.55. The number of rotatable bonds is 3. The second-order valence-electron chi connectivity index (χ2n) is 7.98. The van der Waals surface area contributed by atoms with E-state index >= 15 is 0 Å². The van der Waals surface area contributed by atoms with Crippen molar-refractivity contribution in [3.63, 3.8) is 0 Å². The van der Waals surface area contributed by atoms with Gasteiger partial charge in [0.1, 0.15) is 11.7 Å². The average molecular weight is 435 g/mol. The maximum Gasteiger partial charge on any atom is 0.410 e. The highest BCUT2D eigenvalue weighted by Gasteiger charge is 2.29. The Labute approximate surface area is 169 Å². The molecule has 1 aromatic carbocycles. The van der Waals surface area contributed by atoms with Gasteiger partial charge in [0.15, 0.2) is 0 Å². The van der Waals surface area contributed by atoms with E-state index < -0.39 is 5.60 Å². The third-order valence-electron chi connectivity index (χ3n) is 4.17. The van der Waals surface area contributed by atoms with Gasteiger partial charge in [0.25, 0.3) is 0 Å². The van der Waals surface area contributed by atoms with Gasteiger partial charge in [-0.25, -0.2) is 9.79 Å². The first-order chi connectivity index (χ1) is 12.6. The molecule has 146 valence electrons. The summed E-state index contributed by atoms with van der Waals surface area (Å²) in [5.74, 6) is 0.168. The predicted molar refractivity (Wildman–Crippen MR) is 110 cm³/mol. The molecule has 1 aliphatic heterocycles.